The summed E-state index contributed by atoms with van der Waals surface area (Å²) < 4.78 is 10.3. The van der Waals surface area contributed by atoms with Crippen molar-refractivity contribution < 1.29 is 24.2 Å². The molecule has 0 saturated carbocycles. The smallest absolute Gasteiger partial charge is 0.329 e. The summed E-state index contributed by atoms with van der Waals surface area (Å²) >= 11 is 0. The summed E-state index contributed by atoms with van der Waals surface area (Å²) in [6, 6.07) is 6.98. The summed E-state index contributed by atoms with van der Waals surface area (Å²) in [5, 5.41) is 11.0. The molecule has 0 aliphatic rings. The van der Waals surface area contributed by atoms with E-state index in [2.05, 4.69) is 5.32 Å². The molecule has 0 saturated heterocycles. The first-order valence-corrected chi connectivity index (χ1v) is 6.44. The number of aliphatic carboxylic acids is 1. The van der Waals surface area contributed by atoms with Crippen LogP contribution in [0.15, 0.2) is 24.3 Å². The van der Waals surface area contributed by atoms with Crippen LogP contribution in [0.1, 0.15) is 0 Å². The van der Waals surface area contributed by atoms with E-state index in [4.69, 9.17) is 14.6 Å². The standard InChI is InChI=1S/C14H20N2O5/c1-16(2)6-7-21-12-5-3-4-11(8-12)15-13(17)9-20-10-14(18)19/h3-5,8H,6-7,9-10H2,1-2H3,(H,15,17)(H,18,19). The van der Waals surface area contributed by atoms with Gasteiger partial charge in [0.2, 0.25) is 5.91 Å². The van der Waals surface area contributed by atoms with Gasteiger partial charge in [0.15, 0.2) is 0 Å². The fourth-order valence-electron chi connectivity index (χ4n) is 1.44. The largest absolute Gasteiger partial charge is 0.492 e. The number of rotatable bonds is 9. The predicted octanol–water partition coefficient (Wildman–Crippen LogP) is 0.667. The topological polar surface area (TPSA) is 88.1 Å². The van der Waals surface area contributed by atoms with E-state index < -0.39 is 18.5 Å². The molecule has 0 heterocycles. The number of carboxylic acids is 1. The van der Waals surface area contributed by atoms with Crippen LogP contribution in [0.2, 0.25) is 0 Å². The number of ether oxygens (including phenoxy) is 2. The Labute approximate surface area is 123 Å². The number of carbonyl (C=O) groups excluding carboxylic acids is 1. The van der Waals surface area contributed by atoms with Gasteiger partial charge in [-0.1, -0.05) is 6.07 Å². The molecule has 0 aliphatic carbocycles. The number of benzene rings is 1. The Morgan fingerprint density at radius 1 is 1.29 bits per heavy atom. The van der Waals surface area contributed by atoms with Crippen LogP contribution in [0.25, 0.3) is 0 Å². The first kappa shape index (κ1) is 16.9. The second-order valence-electron chi connectivity index (χ2n) is 4.61. The first-order chi connectivity index (χ1) is 9.97. The lowest BCUT2D eigenvalue weighted by Crippen LogP contribution is -2.21. The maximum Gasteiger partial charge on any atom is 0.329 e. The van der Waals surface area contributed by atoms with Gasteiger partial charge in [-0.3, -0.25) is 4.79 Å². The van der Waals surface area contributed by atoms with Gasteiger partial charge < -0.3 is 24.8 Å². The number of anilines is 1. The molecular formula is C14H20N2O5. The molecule has 1 aromatic carbocycles. The maximum absolute atomic E-state index is 11.5. The minimum atomic E-state index is -1.11. The third-order valence-electron chi connectivity index (χ3n) is 2.38. The zero-order chi connectivity index (χ0) is 15.7. The zero-order valence-corrected chi connectivity index (χ0v) is 12.2. The summed E-state index contributed by atoms with van der Waals surface area (Å²) in [5.74, 6) is -0.873. The van der Waals surface area contributed by atoms with E-state index in [1.807, 2.05) is 19.0 Å². The molecule has 0 unspecified atom stereocenters. The third-order valence-corrected chi connectivity index (χ3v) is 2.38. The van der Waals surface area contributed by atoms with Gasteiger partial charge >= 0.3 is 5.97 Å². The maximum atomic E-state index is 11.5. The van der Waals surface area contributed by atoms with E-state index >= 15 is 0 Å². The van der Waals surface area contributed by atoms with E-state index in [9.17, 15) is 9.59 Å². The zero-order valence-electron chi connectivity index (χ0n) is 12.2. The predicted molar refractivity (Wildman–Crippen MR) is 77.6 cm³/mol. The highest BCUT2D eigenvalue weighted by molar-refractivity contribution is 5.92. The minimum Gasteiger partial charge on any atom is -0.492 e. The number of hydrogen-bond acceptors (Lipinski definition) is 5. The molecule has 7 nitrogen and oxygen atoms in total. The second kappa shape index (κ2) is 8.93. The number of hydrogen-bond donors (Lipinski definition) is 2. The molecule has 21 heavy (non-hydrogen) atoms. The molecule has 0 atom stereocenters. The van der Waals surface area contributed by atoms with E-state index in [0.29, 0.717) is 18.0 Å². The molecule has 0 spiro atoms. The Bertz CT molecular complexity index is 476. The molecule has 2 N–H and O–H groups in total. The van der Waals surface area contributed by atoms with Gasteiger partial charge in [0.05, 0.1) is 0 Å². The summed E-state index contributed by atoms with van der Waals surface area (Å²) in [5.41, 5.74) is 0.571. The van der Waals surface area contributed by atoms with Crippen molar-refractivity contribution in [2.45, 2.75) is 0 Å². The van der Waals surface area contributed by atoms with Gasteiger partial charge in [-0.05, 0) is 26.2 Å². The lowest BCUT2D eigenvalue weighted by Gasteiger charge is -2.12. The SMILES string of the molecule is CN(C)CCOc1cccc(NC(=O)COCC(=O)O)c1. The van der Waals surface area contributed by atoms with E-state index in [1.54, 1.807) is 24.3 Å². The van der Waals surface area contributed by atoms with Crippen LogP contribution in [-0.2, 0) is 14.3 Å². The molecule has 7 heteroatoms. The van der Waals surface area contributed by atoms with Gasteiger partial charge in [-0.15, -0.1) is 0 Å². The minimum absolute atomic E-state index is 0.308. The van der Waals surface area contributed by atoms with Crippen LogP contribution in [0.3, 0.4) is 0 Å². The number of nitrogens with one attached hydrogen (secondary N) is 1. The quantitative estimate of drug-likeness (QED) is 0.696. The van der Waals surface area contributed by atoms with Crippen molar-refractivity contribution in [1.82, 2.24) is 4.90 Å². The summed E-state index contributed by atoms with van der Waals surface area (Å²) in [6.45, 7) is 0.533. The van der Waals surface area contributed by atoms with Gasteiger partial charge in [-0.2, -0.15) is 0 Å². The van der Waals surface area contributed by atoms with Gasteiger partial charge in [0.1, 0.15) is 25.6 Å². The first-order valence-electron chi connectivity index (χ1n) is 6.44. The Morgan fingerprint density at radius 2 is 2.05 bits per heavy atom. The van der Waals surface area contributed by atoms with Crippen LogP contribution < -0.4 is 10.1 Å². The Hall–Kier alpha value is -2.12. The molecule has 0 bridgehead atoms. The van der Waals surface area contributed by atoms with Gasteiger partial charge in [-0.25, -0.2) is 4.79 Å². The van der Waals surface area contributed by atoms with Crippen molar-refractivity contribution in [3.8, 4) is 5.75 Å². The Kier molecular flexibility index (Phi) is 7.20. The molecule has 1 rings (SSSR count). The average Bonchev–Trinajstić information content (AvgIpc) is 2.38. The van der Waals surface area contributed by atoms with Crippen molar-refractivity contribution in [2.75, 3.05) is 45.8 Å². The highest BCUT2D eigenvalue weighted by atomic mass is 16.5. The molecule has 0 aliphatic heterocycles. The van der Waals surface area contributed by atoms with Crippen molar-refractivity contribution in [2.24, 2.45) is 0 Å². The fraction of sp³-hybridized carbons (Fsp3) is 0.429. The van der Waals surface area contributed by atoms with Crippen LogP contribution in [-0.4, -0.2) is 62.3 Å². The molecule has 0 aromatic heterocycles. The van der Waals surface area contributed by atoms with Gasteiger partial charge in [0.25, 0.3) is 0 Å². The van der Waals surface area contributed by atoms with E-state index in [1.165, 1.54) is 0 Å². The van der Waals surface area contributed by atoms with Crippen molar-refractivity contribution >= 4 is 17.6 Å². The number of amides is 1. The summed E-state index contributed by atoms with van der Waals surface area (Å²) in [6.07, 6.45) is 0. The monoisotopic (exact) mass is 296 g/mol. The fourth-order valence-corrected chi connectivity index (χ4v) is 1.44. The molecule has 1 aromatic rings. The molecule has 116 valence electrons. The van der Waals surface area contributed by atoms with Crippen molar-refractivity contribution in [3.05, 3.63) is 24.3 Å². The highest BCUT2D eigenvalue weighted by Gasteiger charge is 2.05. The number of likely N-dealkylation sites (N-methyl/N-ethyl adjacent to an activating group) is 1. The normalized spacial score (nSPS) is 10.4. The van der Waals surface area contributed by atoms with Crippen molar-refractivity contribution in [1.29, 1.82) is 0 Å². The molecular weight excluding hydrogens is 276 g/mol. The summed E-state index contributed by atoms with van der Waals surface area (Å²) in [7, 11) is 3.91. The van der Waals surface area contributed by atoms with E-state index in [0.717, 1.165) is 6.54 Å². The average molecular weight is 296 g/mol. The van der Waals surface area contributed by atoms with Gasteiger partial charge in [0, 0.05) is 18.3 Å². The van der Waals surface area contributed by atoms with Crippen LogP contribution in [0, 0.1) is 0 Å². The van der Waals surface area contributed by atoms with Crippen molar-refractivity contribution in [3.63, 3.8) is 0 Å². The second-order valence-corrected chi connectivity index (χ2v) is 4.61. The molecule has 1 amide bonds. The molecule has 0 fully saturated rings. The summed E-state index contributed by atoms with van der Waals surface area (Å²) in [4.78, 5) is 23.8. The van der Waals surface area contributed by atoms with Crippen LogP contribution >= 0.6 is 0 Å². The third kappa shape index (κ3) is 7.91. The Morgan fingerprint density at radius 3 is 2.71 bits per heavy atom. The van der Waals surface area contributed by atoms with Crippen LogP contribution in [0.5, 0.6) is 5.75 Å². The lowest BCUT2D eigenvalue weighted by molar-refractivity contribution is -0.143. The number of carboxylic acid groups (broad SMARTS) is 1. The lowest BCUT2D eigenvalue weighted by atomic mass is 10.3. The molecule has 0 radical (unpaired) electrons. The number of nitrogens with zero attached hydrogens (tertiary/aromatic N) is 1. The number of carbonyl (C=O) groups is 2. The Balaban J connectivity index is 2.41. The van der Waals surface area contributed by atoms with Crippen LogP contribution in [0.4, 0.5) is 5.69 Å². The highest BCUT2D eigenvalue weighted by Crippen LogP contribution is 2.17. The van der Waals surface area contributed by atoms with E-state index in [-0.39, 0.29) is 6.61 Å².